The maximum absolute atomic E-state index is 13.0. The summed E-state index contributed by atoms with van der Waals surface area (Å²) in [6.07, 6.45) is -13.3. The summed E-state index contributed by atoms with van der Waals surface area (Å²) in [7, 11) is 0. The van der Waals surface area contributed by atoms with Gasteiger partial charge in [0.05, 0.1) is 6.26 Å². The first kappa shape index (κ1) is 16.5. The van der Waals surface area contributed by atoms with Crippen LogP contribution in [0.3, 0.4) is 0 Å². The number of hydrogen-bond donors (Lipinski definition) is 0. The van der Waals surface area contributed by atoms with Gasteiger partial charge in [-0.15, -0.1) is 0 Å². The summed E-state index contributed by atoms with van der Waals surface area (Å²) in [5.41, 5.74) is -5.39. The van der Waals surface area contributed by atoms with Crippen LogP contribution < -0.4 is 0 Å². The summed E-state index contributed by atoms with van der Waals surface area (Å²) in [5.74, 6) is -1.10. The van der Waals surface area contributed by atoms with Gasteiger partial charge in [-0.25, -0.2) is 9.18 Å². The highest BCUT2D eigenvalue weighted by Gasteiger charge is 2.71. The maximum Gasteiger partial charge on any atom is 0.431 e. The number of alkyl halides is 7. The summed E-state index contributed by atoms with van der Waals surface area (Å²) in [6.45, 7) is 2.92. The van der Waals surface area contributed by atoms with E-state index < -0.39 is 30.4 Å². The van der Waals surface area contributed by atoms with Crippen molar-refractivity contribution in [3.8, 4) is 0 Å². The van der Waals surface area contributed by atoms with Crippen molar-refractivity contribution in [2.24, 2.45) is 0 Å². The molecule has 2 nitrogen and oxygen atoms in total. The van der Waals surface area contributed by atoms with Crippen molar-refractivity contribution in [1.82, 2.24) is 0 Å². The Labute approximate surface area is 96.7 Å². The molecule has 0 radical (unpaired) electrons. The topological polar surface area (TPSA) is 26.3 Å². The third kappa shape index (κ3) is 3.74. The molecule has 0 saturated heterocycles. The summed E-state index contributed by atoms with van der Waals surface area (Å²) in [5, 5.41) is 0. The molecule has 18 heavy (non-hydrogen) atoms. The Bertz CT molecular complexity index is 326. The van der Waals surface area contributed by atoms with Crippen LogP contribution in [0.5, 0.6) is 0 Å². The Balaban J connectivity index is 4.86. The van der Waals surface area contributed by atoms with Gasteiger partial charge >= 0.3 is 24.0 Å². The minimum Gasteiger partial charge on any atom is -0.432 e. The van der Waals surface area contributed by atoms with Gasteiger partial charge in [0.1, 0.15) is 0 Å². The maximum atomic E-state index is 13.0. The van der Waals surface area contributed by atoms with E-state index in [1.54, 1.807) is 0 Å². The fourth-order valence-electron chi connectivity index (χ4n) is 0.766. The fraction of sp³-hybridized carbons (Fsp3) is 0.444. The molecular formula is C9H7F7O2. The van der Waals surface area contributed by atoms with Crippen LogP contribution in [-0.2, 0) is 9.53 Å². The number of hydrogen-bond acceptors (Lipinski definition) is 2. The molecule has 0 saturated carbocycles. The minimum atomic E-state index is -6.13. The van der Waals surface area contributed by atoms with E-state index in [2.05, 4.69) is 11.3 Å². The van der Waals surface area contributed by atoms with Crippen molar-refractivity contribution in [3.05, 3.63) is 25.0 Å². The van der Waals surface area contributed by atoms with E-state index in [1.165, 1.54) is 0 Å². The molecule has 0 bridgehead atoms. The number of halogens is 7. The van der Waals surface area contributed by atoms with E-state index in [0.717, 1.165) is 0 Å². The lowest BCUT2D eigenvalue weighted by Gasteiger charge is -2.28. The zero-order valence-electron chi connectivity index (χ0n) is 8.61. The van der Waals surface area contributed by atoms with Gasteiger partial charge in [0.15, 0.2) is 0 Å². The Kier molecular flexibility index (Phi) is 4.94. The Morgan fingerprint density at radius 3 is 1.83 bits per heavy atom. The molecule has 0 aliphatic heterocycles. The van der Waals surface area contributed by atoms with Crippen molar-refractivity contribution in [2.75, 3.05) is 0 Å². The first-order valence-electron chi connectivity index (χ1n) is 4.26. The largest absolute Gasteiger partial charge is 0.432 e. The Morgan fingerprint density at radius 1 is 1.06 bits per heavy atom. The quantitative estimate of drug-likeness (QED) is 0.341. The average Bonchev–Trinajstić information content (AvgIpc) is 2.20. The molecule has 0 aliphatic rings. The molecule has 0 aromatic carbocycles. The molecule has 0 heterocycles. The smallest absolute Gasteiger partial charge is 0.431 e. The van der Waals surface area contributed by atoms with Crippen LogP contribution in [0.25, 0.3) is 0 Å². The number of esters is 1. The monoisotopic (exact) mass is 280 g/mol. The van der Waals surface area contributed by atoms with Crippen LogP contribution in [0.2, 0.25) is 0 Å². The van der Waals surface area contributed by atoms with E-state index in [-0.39, 0.29) is 12.3 Å². The second kappa shape index (κ2) is 5.40. The normalized spacial score (nSPS) is 13.7. The summed E-state index contributed by atoms with van der Waals surface area (Å²) in [6, 6.07) is 0. The number of carbonyl (C=O) groups excluding carboxylic acids is 1. The zero-order chi connectivity index (χ0) is 14.6. The van der Waals surface area contributed by atoms with Gasteiger partial charge in [-0.3, -0.25) is 0 Å². The molecule has 0 amide bonds. The number of allylic oxidation sites excluding steroid dienone is 1. The van der Waals surface area contributed by atoms with Crippen LogP contribution in [0.15, 0.2) is 25.0 Å². The van der Waals surface area contributed by atoms with Gasteiger partial charge in [0, 0.05) is 12.5 Å². The van der Waals surface area contributed by atoms with Crippen molar-refractivity contribution in [2.45, 2.75) is 24.4 Å². The first-order valence-corrected chi connectivity index (χ1v) is 4.26. The minimum absolute atomic E-state index is 0.113. The lowest BCUT2D eigenvalue weighted by Crippen LogP contribution is -2.52. The van der Waals surface area contributed by atoms with Crippen molar-refractivity contribution >= 4 is 5.97 Å². The Morgan fingerprint density at radius 2 is 1.50 bits per heavy atom. The van der Waals surface area contributed by atoms with E-state index in [9.17, 15) is 35.5 Å². The molecule has 9 heteroatoms. The molecule has 0 aliphatic carbocycles. The predicted octanol–water partition coefficient (Wildman–Crippen LogP) is 3.45. The van der Waals surface area contributed by atoms with Crippen LogP contribution >= 0.6 is 0 Å². The third-order valence-electron chi connectivity index (χ3n) is 1.74. The molecule has 0 aromatic heterocycles. The van der Waals surface area contributed by atoms with E-state index in [1.807, 2.05) is 0 Å². The predicted molar refractivity (Wildman–Crippen MR) is 46.0 cm³/mol. The highest BCUT2D eigenvalue weighted by Crippen LogP contribution is 2.48. The second-order valence-electron chi connectivity index (χ2n) is 3.01. The van der Waals surface area contributed by atoms with E-state index >= 15 is 0 Å². The molecule has 0 aromatic rings. The SMILES string of the molecule is C=CC(=O)O/C=C/CC(F)(C(F)(F)F)C(F)(F)F. The van der Waals surface area contributed by atoms with Crippen molar-refractivity contribution in [3.63, 3.8) is 0 Å². The standard InChI is InChI=1S/C9H7F7O2/c1-2-6(17)18-5-3-4-7(10,8(11,12)13)9(14,15)16/h2-3,5H,1,4H2/b5-3+. The van der Waals surface area contributed by atoms with Gasteiger partial charge in [0.25, 0.3) is 0 Å². The van der Waals surface area contributed by atoms with Gasteiger partial charge in [-0.1, -0.05) is 6.58 Å². The van der Waals surface area contributed by atoms with Gasteiger partial charge < -0.3 is 4.74 Å². The molecule has 0 atom stereocenters. The van der Waals surface area contributed by atoms with Crippen molar-refractivity contribution in [1.29, 1.82) is 0 Å². The van der Waals surface area contributed by atoms with Crippen molar-refractivity contribution < 1.29 is 40.3 Å². The van der Waals surface area contributed by atoms with E-state index in [0.29, 0.717) is 6.08 Å². The van der Waals surface area contributed by atoms with Gasteiger partial charge in [-0.2, -0.15) is 26.3 Å². The van der Waals surface area contributed by atoms with Gasteiger partial charge in [-0.05, 0) is 6.08 Å². The van der Waals surface area contributed by atoms with Crippen LogP contribution in [-0.4, -0.2) is 24.0 Å². The molecule has 0 rings (SSSR count). The number of rotatable bonds is 4. The third-order valence-corrected chi connectivity index (χ3v) is 1.74. The highest BCUT2D eigenvalue weighted by atomic mass is 19.4. The van der Waals surface area contributed by atoms with Crippen LogP contribution in [0.1, 0.15) is 6.42 Å². The van der Waals surface area contributed by atoms with Crippen LogP contribution in [0.4, 0.5) is 30.7 Å². The molecular weight excluding hydrogens is 273 g/mol. The molecule has 104 valence electrons. The highest BCUT2D eigenvalue weighted by molar-refractivity contribution is 5.81. The summed E-state index contributed by atoms with van der Waals surface area (Å²) < 4.78 is 88.9. The zero-order valence-corrected chi connectivity index (χ0v) is 8.61. The average molecular weight is 280 g/mol. The molecule has 0 spiro atoms. The lowest BCUT2D eigenvalue weighted by molar-refractivity contribution is -0.340. The first-order chi connectivity index (χ1) is 7.95. The van der Waals surface area contributed by atoms with E-state index in [4.69, 9.17) is 0 Å². The molecule has 0 fully saturated rings. The Hall–Kier alpha value is -1.54. The fourth-order valence-corrected chi connectivity index (χ4v) is 0.766. The second-order valence-corrected chi connectivity index (χ2v) is 3.01. The molecule has 0 N–H and O–H groups in total. The lowest BCUT2D eigenvalue weighted by atomic mass is 10.0. The molecule has 0 unspecified atom stereocenters. The van der Waals surface area contributed by atoms with Gasteiger partial charge in [0.2, 0.25) is 0 Å². The van der Waals surface area contributed by atoms with Crippen LogP contribution in [0, 0.1) is 0 Å². The number of ether oxygens (including phenoxy) is 1. The summed E-state index contributed by atoms with van der Waals surface area (Å²) >= 11 is 0. The number of carbonyl (C=O) groups is 1. The summed E-state index contributed by atoms with van der Waals surface area (Å²) in [4.78, 5) is 10.4.